The molecule has 128 valence electrons. The molecule has 0 aromatic heterocycles. The van der Waals surface area contributed by atoms with Gasteiger partial charge < -0.3 is 19.9 Å². The summed E-state index contributed by atoms with van der Waals surface area (Å²) < 4.78 is 10.2. The quantitative estimate of drug-likeness (QED) is 0.383. The standard InChI is InChI=1S/C17H20N2O5/c1-2-23-9-3-8-19-17(22)14(11-18)10-13-4-6-15(7-5-13)24-12-16(20)21/h4-7,10H,2-3,8-9,12H2,1H3,(H,19,22)(H,20,21). The summed E-state index contributed by atoms with van der Waals surface area (Å²) in [6.07, 6.45) is 2.13. The first-order valence-electron chi connectivity index (χ1n) is 7.49. The molecule has 1 aromatic carbocycles. The number of carbonyl (C=O) groups excluding carboxylic acids is 1. The van der Waals surface area contributed by atoms with Crippen LogP contribution < -0.4 is 10.1 Å². The number of hydrogen-bond acceptors (Lipinski definition) is 5. The smallest absolute Gasteiger partial charge is 0.341 e. The number of carboxylic acids is 1. The van der Waals surface area contributed by atoms with Gasteiger partial charge in [-0.1, -0.05) is 12.1 Å². The van der Waals surface area contributed by atoms with Crippen molar-refractivity contribution in [1.82, 2.24) is 5.32 Å². The van der Waals surface area contributed by atoms with E-state index in [0.29, 0.717) is 37.5 Å². The lowest BCUT2D eigenvalue weighted by Crippen LogP contribution is -2.26. The zero-order chi connectivity index (χ0) is 17.8. The Morgan fingerprint density at radius 2 is 2.04 bits per heavy atom. The van der Waals surface area contributed by atoms with E-state index in [-0.39, 0.29) is 5.57 Å². The molecule has 0 unspecified atom stereocenters. The highest BCUT2D eigenvalue weighted by molar-refractivity contribution is 6.01. The highest BCUT2D eigenvalue weighted by Crippen LogP contribution is 2.14. The number of nitrogens with one attached hydrogen (secondary N) is 1. The van der Waals surface area contributed by atoms with E-state index in [9.17, 15) is 9.59 Å². The molecule has 0 aliphatic heterocycles. The van der Waals surface area contributed by atoms with Crippen LogP contribution in [0.15, 0.2) is 29.8 Å². The molecule has 7 heteroatoms. The fourth-order valence-corrected chi connectivity index (χ4v) is 1.74. The molecule has 0 aliphatic carbocycles. The van der Waals surface area contributed by atoms with Gasteiger partial charge in [0.1, 0.15) is 17.4 Å². The van der Waals surface area contributed by atoms with Gasteiger partial charge in [-0.2, -0.15) is 5.26 Å². The Bertz CT molecular complexity index is 617. The molecule has 24 heavy (non-hydrogen) atoms. The van der Waals surface area contributed by atoms with Crippen molar-refractivity contribution in [1.29, 1.82) is 5.26 Å². The number of carbonyl (C=O) groups is 2. The van der Waals surface area contributed by atoms with Crippen LogP contribution in [0.25, 0.3) is 6.08 Å². The maximum Gasteiger partial charge on any atom is 0.341 e. The van der Waals surface area contributed by atoms with Crippen LogP contribution in [0.4, 0.5) is 0 Å². The Morgan fingerprint density at radius 1 is 1.33 bits per heavy atom. The van der Waals surface area contributed by atoms with E-state index >= 15 is 0 Å². The molecule has 7 nitrogen and oxygen atoms in total. The lowest BCUT2D eigenvalue weighted by Gasteiger charge is -2.05. The van der Waals surface area contributed by atoms with Gasteiger partial charge >= 0.3 is 5.97 Å². The minimum Gasteiger partial charge on any atom is -0.482 e. The van der Waals surface area contributed by atoms with E-state index in [4.69, 9.17) is 19.8 Å². The summed E-state index contributed by atoms with van der Waals surface area (Å²) >= 11 is 0. The van der Waals surface area contributed by atoms with Crippen molar-refractivity contribution in [2.45, 2.75) is 13.3 Å². The van der Waals surface area contributed by atoms with Gasteiger partial charge in [0.2, 0.25) is 0 Å². The SMILES string of the molecule is CCOCCCNC(=O)C(C#N)=Cc1ccc(OCC(=O)O)cc1. The molecule has 0 atom stereocenters. The normalized spacial score (nSPS) is 10.8. The Morgan fingerprint density at radius 3 is 2.62 bits per heavy atom. The van der Waals surface area contributed by atoms with Crippen LogP contribution in [0.3, 0.4) is 0 Å². The number of amides is 1. The van der Waals surface area contributed by atoms with Gasteiger partial charge in [-0.25, -0.2) is 4.79 Å². The number of hydrogen-bond donors (Lipinski definition) is 2. The second-order valence-electron chi connectivity index (χ2n) is 4.73. The third-order valence-electron chi connectivity index (χ3n) is 2.87. The Balaban J connectivity index is 2.59. The summed E-state index contributed by atoms with van der Waals surface area (Å²) in [4.78, 5) is 22.3. The van der Waals surface area contributed by atoms with Gasteiger partial charge in [0.05, 0.1) is 0 Å². The molecule has 0 radical (unpaired) electrons. The van der Waals surface area contributed by atoms with Crippen molar-refractivity contribution in [2.24, 2.45) is 0 Å². The van der Waals surface area contributed by atoms with Gasteiger partial charge in [-0.15, -0.1) is 0 Å². The van der Waals surface area contributed by atoms with Crippen molar-refractivity contribution in [3.63, 3.8) is 0 Å². The molecule has 1 rings (SSSR count). The Labute approximate surface area is 140 Å². The van der Waals surface area contributed by atoms with Gasteiger partial charge in [-0.3, -0.25) is 4.79 Å². The van der Waals surface area contributed by atoms with Crippen LogP contribution in [0.2, 0.25) is 0 Å². The number of carboxylic acid groups (broad SMARTS) is 1. The van der Waals surface area contributed by atoms with Gasteiger partial charge in [0.15, 0.2) is 6.61 Å². The predicted molar refractivity (Wildman–Crippen MR) is 87.3 cm³/mol. The fourth-order valence-electron chi connectivity index (χ4n) is 1.74. The van der Waals surface area contributed by atoms with E-state index in [1.807, 2.05) is 13.0 Å². The molecule has 0 fully saturated rings. The van der Waals surface area contributed by atoms with E-state index in [1.165, 1.54) is 6.08 Å². The minimum atomic E-state index is -1.06. The monoisotopic (exact) mass is 332 g/mol. The first-order chi connectivity index (χ1) is 11.6. The molecular formula is C17H20N2O5. The van der Waals surface area contributed by atoms with Gasteiger partial charge in [0, 0.05) is 19.8 Å². The molecule has 0 bridgehead atoms. The number of nitrogens with zero attached hydrogens (tertiary/aromatic N) is 1. The first kappa shape index (κ1) is 19.2. The molecule has 0 saturated heterocycles. The maximum absolute atomic E-state index is 11.9. The highest BCUT2D eigenvalue weighted by atomic mass is 16.5. The third-order valence-corrected chi connectivity index (χ3v) is 2.87. The lowest BCUT2D eigenvalue weighted by molar-refractivity contribution is -0.139. The number of ether oxygens (including phenoxy) is 2. The van der Waals surface area contributed by atoms with Crippen LogP contribution in [0.5, 0.6) is 5.75 Å². The summed E-state index contributed by atoms with van der Waals surface area (Å²) in [6, 6.07) is 8.28. The third kappa shape index (κ3) is 7.42. The predicted octanol–water partition coefficient (Wildman–Crippen LogP) is 1.60. The second kappa shape index (κ2) is 10.8. The average Bonchev–Trinajstić information content (AvgIpc) is 2.58. The van der Waals surface area contributed by atoms with E-state index < -0.39 is 18.5 Å². The summed E-state index contributed by atoms with van der Waals surface area (Å²) in [7, 11) is 0. The fraction of sp³-hybridized carbons (Fsp3) is 0.353. The van der Waals surface area contributed by atoms with Crippen LogP contribution in [0, 0.1) is 11.3 Å². The number of rotatable bonds is 10. The molecule has 0 saturated carbocycles. The van der Waals surface area contributed by atoms with Crippen molar-refractivity contribution in [2.75, 3.05) is 26.4 Å². The zero-order valence-corrected chi connectivity index (χ0v) is 13.4. The second-order valence-corrected chi connectivity index (χ2v) is 4.73. The van der Waals surface area contributed by atoms with E-state index in [2.05, 4.69) is 5.32 Å². The van der Waals surface area contributed by atoms with Crippen LogP contribution >= 0.6 is 0 Å². The first-order valence-corrected chi connectivity index (χ1v) is 7.49. The van der Waals surface area contributed by atoms with E-state index in [1.54, 1.807) is 24.3 Å². The zero-order valence-electron chi connectivity index (χ0n) is 13.4. The highest BCUT2D eigenvalue weighted by Gasteiger charge is 2.08. The van der Waals surface area contributed by atoms with E-state index in [0.717, 1.165) is 0 Å². The van der Waals surface area contributed by atoms with Crippen LogP contribution in [0.1, 0.15) is 18.9 Å². The molecule has 1 aromatic rings. The molecular weight excluding hydrogens is 312 g/mol. The molecule has 2 N–H and O–H groups in total. The van der Waals surface area contributed by atoms with Crippen LogP contribution in [-0.2, 0) is 14.3 Å². The lowest BCUT2D eigenvalue weighted by atomic mass is 10.1. The van der Waals surface area contributed by atoms with Gasteiger partial charge in [0.25, 0.3) is 5.91 Å². The number of nitriles is 1. The molecule has 0 aliphatic rings. The molecule has 0 spiro atoms. The summed E-state index contributed by atoms with van der Waals surface area (Å²) in [5.41, 5.74) is 0.629. The summed E-state index contributed by atoms with van der Waals surface area (Å²) in [6.45, 7) is 3.08. The number of benzene rings is 1. The summed E-state index contributed by atoms with van der Waals surface area (Å²) in [5, 5.41) is 20.3. The molecule has 1 amide bonds. The minimum absolute atomic E-state index is 0.00869. The Kier molecular flexibility index (Phi) is 8.64. The van der Waals surface area contributed by atoms with Crippen molar-refractivity contribution < 1.29 is 24.2 Å². The average molecular weight is 332 g/mol. The van der Waals surface area contributed by atoms with Crippen molar-refractivity contribution in [3.05, 3.63) is 35.4 Å². The molecule has 0 heterocycles. The summed E-state index contributed by atoms with van der Waals surface area (Å²) in [5.74, 6) is -1.11. The van der Waals surface area contributed by atoms with Crippen LogP contribution in [-0.4, -0.2) is 43.3 Å². The Hall–Kier alpha value is -2.85. The largest absolute Gasteiger partial charge is 0.482 e. The van der Waals surface area contributed by atoms with Gasteiger partial charge in [-0.05, 0) is 37.1 Å². The maximum atomic E-state index is 11.9. The van der Waals surface area contributed by atoms with Crippen molar-refractivity contribution in [3.8, 4) is 11.8 Å². The topological polar surface area (TPSA) is 109 Å². The van der Waals surface area contributed by atoms with Crippen molar-refractivity contribution >= 4 is 18.0 Å². The number of aliphatic carboxylic acids is 1.